The van der Waals surface area contributed by atoms with E-state index in [1.54, 1.807) is 18.2 Å². The second-order valence-corrected chi connectivity index (χ2v) is 7.75. The highest BCUT2D eigenvalue weighted by Gasteiger charge is 2.15. The van der Waals surface area contributed by atoms with Gasteiger partial charge in [-0.25, -0.2) is 4.98 Å². The van der Waals surface area contributed by atoms with Gasteiger partial charge in [-0.1, -0.05) is 23.2 Å². The van der Waals surface area contributed by atoms with Crippen LogP contribution in [0.4, 0.5) is 0 Å². The lowest BCUT2D eigenvalue weighted by molar-refractivity contribution is 0.0915. The molecule has 0 saturated heterocycles. The maximum absolute atomic E-state index is 12.6. The zero-order valence-electron chi connectivity index (χ0n) is 13.6. The Morgan fingerprint density at radius 3 is 2.84 bits per heavy atom. The highest BCUT2D eigenvalue weighted by molar-refractivity contribution is 7.18. The fourth-order valence-electron chi connectivity index (χ4n) is 2.46. The molecule has 3 aromatic rings. The third-order valence-corrected chi connectivity index (χ3v) is 5.53. The molecule has 2 heterocycles. The van der Waals surface area contributed by atoms with Gasteiger partial charge in [-0.3, -0.25) is 9.36 Å². The minimum absolute atomic E-state index is 0.00647. The molecule has 3 rings (SSSR count). The number of aryl methyl sites for hydroxylation is 2. The smallest absolute Gasteiger partial charge is 0.262 e. The minimum Gasteiger partial charge on any atom is -0.489 e. The molecule has 0 bridgehead atoms. The van der Waals surface area contributed by atoms with E-state index in [0.717, 1.165) is 15.3 Å². The molecule has 0 fully saturated rings. The predicted molar refractivity (Wildman–Crippen MR) is 101 cm³/mol. The number of aliphatic hydroxyl groups excluding tert-OH is 1. The summed E-state index contributed by atoms with van der Waals surface area (Å²) in [6.45, 7) is 3.95. The summed E-state index contributed by atoms with van der Waals surface area (Å²) in [6, 6.07) is 4.85. The number of ether oxygens (including phenoxy) is 1. The number of benzene rings is 1. The number of nitrogens with zero attached hydrogens (tertiary/aromatic N) is 2. The summed E-state index contributed by atoms with van der Waals surface area (Å²) >= 11 is 13.4. The van der Waals surface area contributed by atoms with Gasteiger partial charge in [0, 0.05) is 9.90 Å². The molecule has 2 aromatic heterocycles. The molecule has 5 nitrogen and oxygen atoms in total. The molecule has 0 aliphatic heterocycles. The SMILES string of the molecule is Cc1sc2ncn(CC(O)COc3ccc(Cl)cc3Cl)c(=O)c2c1C. The average Bonchev–Trinajstić information content (AvgIpc) is 2.85. The molecule has 0 spiro atoms. The first-order valence-electron chi connectivity index (χ1n) is 7.58. The van der Waals surface area contributed by atoms with Gasteiger partial charge in [-0.2, -0.15) is 0 Å². The molecule has 0 saturated carbocycles. The van der Waals surface area contributed by atoms with Crippen molar-refractivity contribution in [3.63, 3.8) is 0 Å². The van der Waals surface area contributed by atoms with Crippen LogP contribution in [0.25, 0.3) is 10.2 Å². The minimum atomic E-state index is -0.885. The van der Waals surface area contributed by atoms with Gasteiger partial charge in [0.2, 0.25) is 0 Å². The van der Waals surface area contributed by atoms with E-state index in [-0.39, 0.29) is 18.7 Å². The molecule has 0 radical (unpaired) electrons. The number of aliphatic hydroxyl groups is 1. The van der Waals surface area contributed by atoms with E-state index in [9.17, 15) is 9.90 Å². The normalized spacial score (nSPS) is 12.5. The molecule has 0 aliphatic rings. The Morgan fingerprint density at radius 2 is 2.12 bits per heavy atom. The first-order chi connectivity index (χ1) is 11.9. The molecule has 1 aromatic carbocycles. The van der Waals surface area contributed by atoms with Crippen LogP contribution in [0.5, 0.6) is 5.75 Å². The molecule has 1 N–H and O–H groups in total. The maximum Gasteiger partial charge on any atom is 0.262 e. The summed E-state index contributed by atoms with van der Waals surface area (Å²) in [5.41, 5.74) is 0.779. The Labute approximate surface area is 158 Å². The molecule has 1 unspecified atom stereocenters. The van der Waals surface area contributed by atoms with Crippen LogP contribution in [0.2, 0.25) is 10.0 Å². The fraction of sp³-hybridized carbons (Fsp3) is 0.294. The number of hydrogen-bond acceptors (Lipinski definition) is 5. The quantitative estimate of drug-likeness (QED) is 0.709. The number of aromatic nitrogens is 2. The number of halogens is 2. The lowest BCUT2D eigenvalue weighted by atomic mass is 10.2. The highest BCUT2D eigenvalue weighted by Crippen LogP contribution is 2.28. The summed E-state index contributed by atoms with van der Waals surface area (Å²) in [6.07, 6.45) is 0.571. The van der Waals surface area contributed by atoms with E-state index in [2.05, 4.69) is 4.98 Å². The van der Waals surface area contributed by atoms with Crippen LogP contribution >= 0.6 is 34.5 Å². The molecule has 1 atom stereocenters. The van der Waals surface area contributed by atoms with Crippen molar-refractivity contribution in [3.05, 3.63) is 55.4 Å². The van der Waals surface area contributed by atoms with E-state index in [1.807, 2.05) is 13.8 Å². The molecule has 25 heavy (non-hydrogen) atoms. The van der Waals surface area contributed by atoms with Crippen molar-refractivity contribution in [2.75, 3.05) is 6.61 Å². The van der Waals surface area contributed by atoms with E-state index in [0.29, 0.717) is 21.2 Å². The summed E-state index contributed by atoms with van der Waals surface area (Å²) < 4.78 is 6.91. The Kier molecular flexibility index (Phi) is 5.34. The van der Waals surface area contributed by atoms with Gasteiger partial charge in [0.05, 0.1) is 23.3 Å². The third kappa shape index (κ3) is 3.82. The highest BCUT2D eigenvalue weighted by atomic mass is 35.5. The average molecular weight is 399 g/mol. The topological polar surface area (TPSA) is 64.3 Å². The van der Waals surface area contributed by atoms with Crippen molar-refractivity contribution in [1.82, 2.24) is 9.55 Å². The molecule has 8 heteroatoms. The standard InChI is InChI=1S/C17H16Cl2N2O3S/c1-9-10(2)25-16-15(9)17(23)21(8-20-16)6-12(22)7-24-14-4-3-11(18)5-13(14)19/h3-5,8,12,22H,6-7H2,1-2H3. The molecule has 0 amide bonds. The number of rotatable bonds is 5. The summed E-state index contributed by atoms with van der Waals surface area (Å²) in [5, 5.41) is 11.7. The largest absolute Gasteiger partial charge is 0.489 e. The van der Waals surface area contributed by atoms with Crippen LogP contribution in [0, 0.1) is 13.8 Å². The lowest BCUT2D eigenvalue weighted by Crippen LogP contribution is -2.30. The Balaban J connectivity index is 1.73. The third-order valence-electron chi connectivity index (χ3n) is 3.89. The van der Waals surface area contributed by atoms with Crippen LogP contribution in [0.1, 0.15) is 10.4 Å². The van der Waals surface area contributed by atoms with Gasteiger partial charge >= 0.3 is 0 Å². The van der Waals surface area contributed by atoms with Gasteiger partial charge in [0.25, 0.3) is 5.56 Å². The second kappa shape index (κ2) is 7.33. The van der Waals surface area contributed by atoms with E-state index >= 15 is 0 Å². The zero-order chi connectivity index (χ0) is 18.1. The van der Waals surface area contributed by atoms with Crippen LogP contribution in [0.15, 0.2) is 29.3 Å². The number of hydrogen-bond donors (Lipinski definition) is 1. The summed E-state index contributed by atoms with van der Waals surface area (Å²) in [7, 11) is 0. The van der Waals surface area contributed by atoms with Gasteiger partial charge in [-0.15, -0.1) is 11.3 Å². The Morgan fingerprint density at radius 1 is 1.36 bits per heavy atom. The van der Waals surface area contributed by atoms with Gasteiger partial charge in [-0.05, 0) is 37.6 Å². The van der Waals surface area contributed by atoms with Gasteiger partial charge in [0.15, 0.2) is 0 Å². The van der Waals surface area contributed by atoms with Crippen LogP contribution in [-0.4, -0.2) is 27.4 Å². The van der Waals surface area contributed by atoms with Crippen molar-refractivity contribution in [1.29, 1.82) is 0 Å². The van der Waals surface area contributed by atoms with Gasteiger partial charge < -0.3 is 9.84 Å². The first kappa shape index (κ1) is 18.2. The lowest BCUT2D eigenvalue weighted by Gasteiger charge is -2.14. The monoisotopic (exact) mass is 398 g/mol. The van der Waals surface area contributed by atoms with Crippen LogP contribution in [0.3, 0.4) is 0 Å². The van der Waals surface area contributed by atoms with Crippen molar-refractivity contribution in [2.24, 2.45) is 0 Å². The molecule has 132 valence electrons. The predicted octanol–water partition coefficient (Wildman–Crippen LogP) is 3.82. The van der Waals surface area contributed by atoms with Crippen LogP contribution in [-0.2, 0) is 6.54 Å². The summed E-state index contributed by atoms with van der Waals surface area (Å²) in [4.78, 5) is 18.7. The summed E-state index contributed by atoms with van der Waals surface area (Å²) in [5.74, 6) is 0.426. The van der Waals surface area contributed by atoms with E-state index in [4.69, 9.17) is 27.9 Å². The van der Waals surface area contributed by atoms with Crippen molar-refractivity contribution in [2.45, 2.75) is 26.5 Å². The van der Waals surface area contributed by atoms with Crippen molar-refractivity contribution < 1.29 is 9.84 Å². The second-order valence-electron chi connectivity index (χ2n) is 5.71. The van der Waals surface area contributed by atoms with E-state index in [1.165, 1.54) is 22.2 Å². The number of fused-ring (bicyclic) bond motifs is 1. The van der Waals surface area contributed by atoms with Crippen molar-refractivity contribution >= 4 is 44.8 Å². The zero-order valence-corrected chi connectivity index (χ0v) is 16.0. The van der Waals surface area contributed by atoms with E-state index < -0.39 is 6.10 Å². The fourth-order valence-corrected chi connectivity index (χ4v) is 3.91. The maximum atomic E-state index is 12.6. The molecular formula is C17H16Cl2N2O3S. The van der Waals surface area contributed by atoms with Crippen LogP contribution < -0.4 is 10.3 Å². The Hall–Kier alpha value is -1.60. The molecule has 0 aliphatic carbocycles. The molecular weight excluding hydrogens is 383 g/mol. The van der Waals surface area contributed by atoms with Gasteiger partial charge in [0.1, 0.15) is 23.3 Å². The number of thiophene rings is 1. The first-order valence-corrected chi connectivity index (χ1v) is 9.15. The van der Waals surface area contributed by atoms with Crippen molar-refractivity contribution in [3.8, 4) is 5.75 Å². The Bertz CT molecular complexity index is 984.